The zero-order valence-electron chi connectivity index (χ0n) is 13.7. The Morgan fingerprint density at radius 3 is 1.96 bits per heavy atom. The van der Waals surface area contributed by atoms with E-state index in [0.29, 0.717) is 17.0 Å². The number of carbonyl (C=O) groups is 1. The molecule has 26 heavy (non-hydrogen) atoms. The summed E-state index contributed by atoms with van der Waals surface area (Å²) >= 11 is 0. The maximum atomic E-state index is 13.1. The molecule has 0 unspecified atom stereocenters. The molecule has 0 saturated heterocycles. The summed E-state index contributed by atoms with van der Waals surface area (Å²) in [5, 5.41) is 0. The molecule has 0 bridgehead atoms. The van der Waals surface area contributed by atoms with Gasteiger partial charge in [0.05, 0.1) is 0 Å². The smallest absolute Gasteiger partial charge is 0.269 e. The van der Waals surface area contributed by atoms with E-state index < -0.39 is 5.82 Å². The average molecular weight is 343 g/mol. The molecular formula is C22H14FNO2. The number of halogens is 1. The van der Waals surface area contributed by atoms with Crippen LogP contribution in [-0.4, -0.2) is 10.8 Å². The third-order valence-electron chi connectivity index (χ3n) is 4.01. The molecule has 0 fully saturated rings. The summed E-state index contributed by atoms with van der Waals surface area (Å²) in [4.78, 5) is 17.2. The molecule has 0 aliphatic carbocycles. The summed E-state index contributed by atoms with van der Waals surface area (Å²) in [6.07, 6.45) is 0. The molecule has 0 amide bonds. The molecule has 1 aromatic heterocycles. The van der Waals surface area contributed by atoms with Crippen molar-refractivity contribution in [2.24, 2.45) is 0 Å². The van der Waals surface area contributed by atoms with Crippen LogP contribution in [0, 0.1) is 5.82 Å². The van der Waals surface area contributed by atoms with Gasteiger partial charge in [0.15, 0.2) is 5.76 Å². The van der Waals surface area contributed by atoms with Crippen molar-refractivity contribution < 1.29 is 13.6 Å². The lowest BCUT2D eigenvalue weighted by Crippen LogP contribution is -2.01. The van der Waals surface area contributed by atoms with Crippen LogP contribution in [-0.2, 0) is 0 Å². The molecular weight excluding hydrogens is 329 g/mol. The standard InChI is InChI=1S/C22H14FNO2/c23-18-13-11-16(12-14-18)20(25)22-24-19(15-7-3-1-4-8-15)21(26-22)17-9-5-2-6-10-17/h1-14H. The third-order valence-corrected chi connectivity index (χ3v) is 4.01. The topological polar surface area (TPSA) is 43.1 Å². The molecule has 1 heterocycles. The van der Waals surface area contributed by atoms with Gasteiger partial charge in [-0.3, -0.25) is 4.79 Å². The van der Waals surface area contributed by atoms with Crippen molar-refractivity contribution in [2.45, 2.75) is 0 Å². The first-order valence-corrected chi connectivity index (χ1v) is 8.14. The quantitative estimate of drug-likeness (QED) is 0.467. The van der Waals surface area contributed by atoms with Crippen LogP contribution in [0.3, 0.4) is 0 Å². The van der Waals surface area contributed by atoms with Gasteiger partial charge in [-0.25, -0.2) is 9.37 Å². The normalized spacial score (nSPS) is 10.7. The van der Waals surface area contributed by atoms with Gasteiger partial charge in [0.1, 0.15) is 11.5 Å². The Hall–Kier alpha value is -3.53. The van der Waals surface area contributed by atoms with Crippen LogP contribution in [0.15, 0.2) is 89.3 Å². The first kappa shape index (κ1) is 16.0. The van der Waals surface area contributed by atoms with Gasteiger partial charge in [-0.15, -0.1) is 0 Å². The lowest BCUT2D eigenvalue weighted by Gasteiger charge is -2.00. The van der Waals surface area contributed by atoms with E-state index in [9.17, 15) is 9.18 Å². The molecule has 0 radical (unpaired) electrons. The van der Waals surface area contributed by atoms with Crippen LogP contribution in [0.2, 0.25) is 0 Å². The highest BCUT2D eigenvalue weighted by molar-refractivity contribution is 6.06. The second-order valence-corrected chi connectivity index (χ2v) is 5.76. The van der Waals surface area contributed by atoms with E-state index in [0.717, 1.165) is 11.1 Å². The fourth-order valence-corrected chi connectivity index (χ4v) is 2.72. The molecule has 0 atom stereocenters. The second-order valence-electron chi connectivity index (χ2n) is 5.76. The van der Waals surface area contributed by atoms with Crippen LogP contribution in [0.4, 0.5) is 4.39 Å². The number of hydrogen-bond donors (Lipinski definition) is 0. The third kappa shape index (κ3) is 3.05. The minimum Gasteiger partial charge on any atom is -0.433 e. The summed E-state index contributed by atoms with van der Waals surface area (Å²) in [7, 11) is 0. The highest BCUT2D eigenvalue weighted by Gasteiger charge is 2.22. The Morgan fingerprint density at radius 2 is 1.35 bits per heavy atom. The highest BCUT2D eigenvalue weighted by Crippen LogP contribution is 2.33. The summed E-state index contributed by atoms with van der Waals surface area (Å²) < 4.78 is 19.0. The van der Waals surface area contributed by atoms with Gasteiger partial charge in [0.25, 0.3) is 5.89 Å². The molecule has 3 nitrogen and oxygen atoms in total. The fraction of sp³-hybridized carbons (Fsp3) is 0. The molecule has 0 aliphatic rings. The number of oxazole rings is 1. The van der Waals surface area contributed by atoms with E-state index in [1.54, 1.807) is 0 Å². The number of ketones is 1. The Morgan fingerprint density at radius 1 is 0.769 bits per heavy atom. The molecule has 4 aromatic rings. The van der Waals surface area contributed by atoms with Crippen molar-refractivity contribution in [3.8, 4) is 22.6 Å². The van der Waals surface area contributed by atoms with Crippen molar-refractivity contribution in [1.29, 1.82) is 0 Å². The Bertz CT molecular complexity index is 982. The maximum Gasteiger partial charge on any atom is 0.269 e. The predicted octanol–water partition coefficient (Wildman–Crippen LogP) is 5.38. The fourth-order valence-electron chi connectivity index (χ4n) is 2.72. The summed E-state index contributed by atoms with van der Waals surface area (Å²) in [5.74, 6) is -0.273. The van der Waals surface area contributed by atoms with Crippen molar-refractivity contribution in [1.82, 2.24) is 4.98 Å². The summed E-state index contributed by atoms with van der Waals surface area (Å²) in [6.45, 7) is 0. The van der Waals surface area contributed by atoms with Gasteiger partial charge in [-0.1, -0.05) is 60.7 Å². The van der Waals surface area contributed by atoms with Crippen LogP contribution < -0.4 is 0 Å². The monoisotopic (exact) mass is 343 g/mol. The lowest BCUT2D eigenvalue weighted by atomic mass is 10.1. The first-order chi connectivity index (χ1) is 12.7. The molecule has 0 aliphatic heterocycles. The second kappa shape index (κ2) is 6.76. The molecule has 3 aromatic carbocycles. The zero-order chi connectivity index (χ0) is 17.9. The van der Waals surface area contributed by atoms with Gasteiger partial charge in [-0.05, 0) is 24.3 Å². The number of nitrogens with zero attached hydrogens (tertiary/aromatic N) is 1. The Balaban J connectivity index is 1.83. The molecule has 0 saturated carbocycles. The minimum atomic E-state index is -0.399. The van der Waals surface area contributed by atoms with Crippen molar-refractivity contribution in [2.75, 3.05) is 0 Å². The van der Waals surface area contributed by atoms with Gasteiger partial charge in [-0.2, -0.15) is 0 Å². The van der Waals surface area contributed by atoms with E-state index >= 15 is 0 Å². The van der Waals surface area contributed by atoms with E-state index in [1.807, 2.05) is 60.7 Å². The molecule has 0 spiro atoms. The number of hydrogen-bond acceptors (Lipinski definition) is 3. The summed E-state index contributed by atoms with van der Waals surface area (Å²) in [5.41, 5.74) is 2.61. The van der Waals surface area contributed by atoms with Crippen molar-refractivity contribution in [3.63, 3.8) is 0 Å². The summed E-state index contributed by atoms with van der Waals surface area (Å²) in [6, 6.07) is 24.4. The lowest BCUT2D eigenvalue weighted by molar-refractivity contribution is 0.100. The highest BCUT2D eigenvalue weighted by atomic mass is 19.1. The maximum absolute atomic E-state index is 13.1. The zero-order valence-corrected chi connectivity index (χ0v) is 13.7. The minimum absolute atomic E-state index is 0.0192. The van der Waals surface area contributed by atoms with Crippen LogP contribution >= 0.6 is 0 Å². The average Bonchev–Trinajstić information content (AvgIpc) is 3.15. The number of benzene rings is 3. The largest absolute Gasteiger partial charge is 0.433 e. The van der Waals surface area contributed by atoms with Crippen molar-refractivity contribution >= 4 is 5.78 Å². The number of rotatable bonds is 4. The van der Waals surface area contributed by atoms with Gasteiger partial charge < -0.3 is 4.42 Å². The molecule has 126 valence electrons. The van der Waals surface area contributed by atoms with E-state index in [1.165, 1.54) is 24.3 Å². The molecule has 4 rings (SSSR count). The molecule has 0 N–H and O–H groups in total. The van der Waals surface area contributed by atoms with Gasteiger partial charge >= 0.3 is 0 Å². The number of carbonyl (C=O) groups excluding carboxylic acids is 1. The molecule has 4 heteroatoms. The Labute approximate surface area is 149 Å². The Kier molecular flexibility index (Phi) is 4.15. The van der Waals surface area contributed by atoms with Crippen LogP contribution in [0.1, 0.15) is 16.2 Å². The predicted molar refractivity (Wildman–Crippen MR) is 97.2 cm³/mol. The van der Waals surface area contributed by atoms with E-state index in [-0.39, 0.29) is 11.7 Å². The van der Waals surface area contributed by atoms with Crippen LogP contribution in [0.25, 0.3) is 22.6 Å². The van der Waals surface area contributed by atoms with Crippen molar-refractivity contribution in [3.05, 3.63) is 102 Å². The van der Waals surface area contributed by atoms with E-state index in [2.05, 4.69) is 4.98 Å². The van der Waals surface area contributed by atoms with Gasteiger partial charge in [0, 0.05) is 16.7 Å². The van der Waals surface area contributed by atoms with Crippen LogP contribution in [0.5, 0.6) is 0 Å². The van der Waals surface area contributed by atoms with E-state index in [4.69, 9.17) is 4.42 Å². The first-order valence-electron chi connectivity index (χ1n) is 8.14. The number of aromatic nitrogens is 1. The van der Waals surface area contributed by atoms with Gasteiger partial charge in [0.2, 0.25) is 5.78 Å². The SMILES string of the molecule is O=C(c1ccc(F)cc1)c1nc(-c2ccccc2)c(-c2ccccc2)o1.